The Bertz CT molecular complexity index is 618. The second-order valence-electron chi connectivity index (χ2n) is 6.50. The molecular formula is C19H25NO5. The van der Waals surface area contributed by atoms with Crippen molar-refractivity contribution in [1.82, 2.24) is 4.90 Å². The number of esters is 1. The topological polar surface area (TPSA) is 76.1 Å². The number of aliphatic hydroxyl groups excluding tert-OH is 1. The maximum Gasteiger partial charge on any atom is 0.410 e. The summed E-state index contributed by atoms with van der Waals surface area (Å²) in [5, 5.41) is 9.74. The van der Waals surface area contributed by atoms with Gasteiger partial charge in [-0.1, -0.05) is 43.3 Å². The molecule has 1 aromatic rings. The fraction of sp³-hybridized carbons (Fsp3) is 0.474. The molecule has 6 heteroatoms. The first-order valence-electron chi connectivity index (χ1n) is 8.24. The van der Waals surface area contributed by atoms with Gasteiger partial charge in [0, 0.05) is 24.5 Å². The van der Waals surface area contributed by atoms with Crippen LogP contribution in [0.25, 0.3) is 0 Å². The maximum atomic E-state index is 12.6. The molecule has 0 spiro atoms. The van der Waals surface area contributed by atoms with Crippen molar-refractivity contribution < 1.29 is 24.2 Å². The van der Waals surface area contributed by atoms with E-state index < -0.39 is 23.5 Å². The smallest absolute Gasteiger partial charge is 0.410 e. The van der Waals surface area contributed by atoms with Crippen LogP contribution in [0, 0.1) is 11.3 Å². The first-order chi connectivity index (χ1) is 12.0. The van der Waals surface area contributed by atoms with Gasteiger partial charge in [-0.15, -0.1) is 6.58 Å². The summed E-state index contributed by atoms with van der Waals surface area (Å²) in [5.41, 5.74) is 0.201. The number of rotatable bonds is 6. The van der Waals surface area contributed by atoms with Crippen molar-refractivity contribution in [2.75, 3.05) is 20.3 Å². The molecule has 0 aliphatic carbocycles. The Morgan fingerprint density at radius 2 is 2.08 bits per heavy atom. The number of hydrogen-bond acceptors (Lipinski definition) is 5. The molecule has 0 radical (unpaired) electrons. The molecule has 0 saturated carbocycles. The van der Waals surface area contributed by atoms with Gasteiger partial charge in [-0.25, -0.2) is 9.59 Å². The van der Waals surface area contributed by atoms with Crippen molar-refractivity contribution >= 4 is 12.1 Å². The Morgan fingerprint density at radius 3 is 2.64 bits per heavy atom. The standard InChI is InChI=1S/C19H25NO5/c1-4-10-19(2)15(12-21)11-20(16(19)17(22)24-3)18(23)25-13-14-8-6-5-7-9-14/h4-9,15-16,21H,1,10-13H2,2-3H3/t15-,16-,19-/m1/s1. The molecule has 0 bridgehead atoms. The summed E-state index contributed by atoms with van der Waals surface area (Å²) in [5.74, 6) is -0.782. The highest BCUT2D eigenvalue weighted by Crippen LogP contribution is 2.45. The van der Waals surface area contributed by atoms with Crippen molar-refractivity contribution in [3.8, 4) is 0 Å². The molecule has 1 aliphatic heterocycles. The number of nitrogens with zero attached hydrogens (tertiary/aromatic N) is 1. The first kappa shape index (κ1) is 19.0. The molecular weight excluding hydrogens is 322 g/mol. The third-order valence-corrected chi connectivity index (χ3v) is 4.95. The minimum absolute atomic E-state index is 0.117. The Kier molecular flexibility index (Phi) is 6.20. The number of carbonyl (C=O) groups excluding carboxylic acids is 2. The van der Waals surface area contributed by atoms with Gasteiger partial charge in [0.2, 0.25) is 0 Å². The lowest BCUT2D eigenvalue weighted by atomic mass is 9.72. The second-order valence-corrected chi connectivity index (χ2v) is 6.50. The molecule has 1 heterocycles. The fourth-order valence-electron chi connectivity index (χ4n) is 3.48. The summed E-state index contributed by atoms with van der Waals surface area (Å²) in [6.45, 7) is 5.81. The summed E-state index contributed by atoms with van der Waals surface area (Å²) in [4.78, 5) is 26.3. The Balaban J connectivity index is 2.20. The van der Waals surface area contributed by atoms with Crippen LogP contribution in [-0.4, -0.2) is 48.4 Å². The van der Waals surface area contributed by atoms with Crippen LogP contribution in [0.15, 0.2) is 43.0 Å². The van der Waals surface area contributed by atoms with Crippen molar-refractivity contribution in [3.63, 3.8) is 0 Å². The van der Waals surface area contributed by atoms with Crippen LogP contribution in [0.4, 0.5) is 4.79 Å². The molecule has 1 amide bonds. The minimum atomic E-state index is -0.823. The van der Waals surface area contributed by atoms with E-state index in [0.717, 1.165) is 5.56 Å². The summed E-state index contributed by atoms with van der Waals surface area (Å²) in [7, 11) is 1.29. The Labute approximate surface area is 148 Å². The Morgan fingerprint density at radius 1 is 1.40 bits per heavy atom. The minimum Gasteiger partial charge on any atom is -0.467 e. The average Bonchev–Trinajstić information content (AvgIpc) is 2.92. The van der Waals surface area contributed by atoms with Gasteiger partial charge in [0.25, 0.3) is 0 Å². The van der Waals surface area contributed by atoms with Gasteiger partial charge in [-0.05, 0) is 12.0 Å². The highest BCUT2D eigenvalue weighted by Gasteiger charge is 2.56. The van der Waals surface area contributed by atoms with Crippen LogP contribution in [0.3, 0.4) is 0 Å². The molecule has 1 saturated heterocycles. The van der Waals surface area contributed by atoms with Crippen molar-refractivity contribution in [2.45, 2.75) is 26.0 Å². The third kappa shape index (κ3) is 3.85. The predicted molar refractivity (Wildman–Crippen MR) is 92.6 cm³/mol. The number of allylic oxidation sites excluding steroid dienone is 1. The van der Waals surface area contributed by atoms with E-state index in [9.17, 15) is 14.7 Å². The quantitative estimate of drug-likeness (QED) is 0.631. The highest BCUT2D eigenvalue weighted by atomic mass is 16.6. The van der Waals surface area contributed by atoms with E-state index in [0.29, 0.717) is 6.42 Å². The van der Waals surface area contributed by atoms with Crippen molar-refractivity contribution in [1.29, 1.82) is 0 Å². The molecule has 136 valence electrons. The molecule has 0 aromatic heterocycles. The third-order valence-electron chi connectivity index (χ3n) is 4.95. The van der Waals surface area contributed by atoms with Crippen LogP contribution in [0.2, 0.25) is 0 Å². The Hall–Kier alpha value is -2.34. The van der Waals surface area contributed by atoms with Crippen LogP contribution < -0.4 is 0 Å². The molecule has 6 nitrogen and oxygen atoms in total. The molecule has 1 aromatic carbocycles. The second kappa shape index (κ2) is 8.16. The van der Waals surface area contributed by atoms with Gasteiger partial charge in [0.1, 0.15) is 12.6 Å². The fourth-order valence-corrected chi connectivity index (χ4v) is 3.48. The van der Waals surface area contributed by atoms with Gasteiger partial charge in [-0.3, -0.25) is 4.90 Å². The van der Waals surface area contributed by atoms with Crippen molar-refractivity contribution in [3.05, 3.63) is 48.6 Å². The molecule has 2 rings (SSSR count). The number of likely N-dealkylation sites (tertiary alicyclic amines) is 1. The number of hydrogen-bond donors (Lipinski definition) is 1. The van der Waals surface area contributed by atoms with Gasteiger partial charge < -0.3 is 14.6 Å². The summed E-state index contributed by atoms with van der Waals surface area (Å²) in [6, 6.07) is 8.49. The number of aliphatic hydroxyl groups is 1. The van der Waals surface area contributed by atoms with E-state index in [4.69, 9.17) is 9.47 Å². The SMILES string of the molecule is C=CC[C@]1(C)[C@@H](CO)CN(C(=O)OCc2ccccc2)[C@@H]1C(=O)OC. The number of ether oxygens (including phenoxy) is 2. The van der Waals surface area contributed by atoms with Gasteiger partial charge in [-0.2, -0.15) is 0 Å². The molecule has 3 atom stereocenters. The van der Waals surface area contributed by atoms with Crippen molar-refractivity contribution in [2.24, 2.45) is 11.3 Å². The molecule has 1 fully saturated rings. The van der Waals surface area contributed by atoms with Gasteiger partial charge >= 0.3 is 12.1 Å². The summed E-state index contributed by atoms with van der Waals surface area (Å²) >= 11 is 0. The summed E-state index contributed by atoms with van der Waals surface area (Å²) < 4.78 is 10.3. The molecule has 0 unspecified atom stereocenters. The maximum absolute atomic E-state index is 12.6. The van der Waals surface area contributed by atoms with Crippen LogP contribution in [0.1, 0.15) is 18.9 Å². The van der Waals surface area contributed by atoms with Gasteiger partial charge in [0.15, 0.2) is 0 Å². The van der Waals surface area contributed by atoms with Crippen LogP contribution in [0.5, 0.6) is 0 Å². The zero-order chi connectivity index (χ0) is 18.4. The van der Waals surface area contributed by atoms with Crippen LogP contribution >= 0.6 is 0 Å². The van der Waals surface area contributed by atoms with E-state index in [1.54, 1.807) is 6.08 Å². The van der Waals surface area contributed by atoms with Crippen LogP contribution in [-0.2, 0) is 20.9 Å². The lowest BCUT2D eigenvalue weighted by Crippen LogP contribution is -2.48. The number of benzene rings is 1. The molecule has 1 N–H and O–H groups in total. The van der Waals surface area contributed by atoms with E-state index >= 15 is 0 Å². The predicted octanol–water partition coefficient (Wildman–Crippen LogP) is 2.37. The number of methoxy groups -OCH3 is 1. The lowest BCUT2D eigenvalue weighted by Gasteiger charge is -2.34. The average molecular weight is 347 g/mol. The lowest BCUT2D eigenvalue weighted by molar-refractivity contribution is -0.149. The zero-order valence-electron chi connectivity index (χ0n) is 14.7. The normalized spacial score (nSPS) is 25.5. The highest BCUT2D eigenvalue weighted by molar-refractivity contribution is 5.83. The largest absolute Gasteiger partial charge is 0.467 e. The van der Waals surface area contributed by atoms with E-state index in [2.05, 4.69) is 6.58 Å². The van der Waals surface area contributed by atoms with E-state index in [-0.39, 0.29) is 25.7 Å². The van der Waals surface area contributed by atoms with Gasteiger partial charge in [0.05, 0.1) is 7.11 Å². The molecule has 1 aliphatic rings. The zero-order valence-corrected chi connectivity index (χ0v) is 14.7. The molecule has 25 heavy (non-hydrogen) atoms. The first-order valence-corrected chi connectivity index (χ1v) is 8.24. The van der Waals surface area contributed by atoms with E-state index in [1.807, 2.05) is 37.3 Å². The van der Waals surface area contributed by atoms with E-state index in [1.165, 1.54) is 12.0 Å². The summed E-state index contributed by atoms with van der Waals surface area (Å²) in [6.07, 6.45) is 1.57. The monoisotopic (exact) mass is 347 g/mol. The number of carbonyl (C=O) groups is 2. The number of amides is 1.